The van der Waals surface area contributed by atoms with Gasteiger partial charge in [0, 0.05) is 10.9 Å². The summed E-state index contributed by atoms with van der Waals surface area (Å²) in [5.41, 5.74) is 3.99. The van der Waals surface area contributed by atoms with E-state index in [4.69, 9.17) is 0 Å². The molecule has 0 atom stereocenters. The van der Waals surface area contributed by atoms with Crippen LogP contribution >= 0.6 is 0 Å². The van der Waals surface area contributed by atoms with Gasteiger partial charge < -0.3 is 4.74 Å². The van der Waals surface area contributed by atoms with Crippen LogP contribution in [0.3, 0.4) is 0 Å². The Labute approximate surface area is 224 Å². The third-order valence-corrected chi connectivity index (χ3v) is 6.24. The molecule has 4 rings (SSSR count). The largest absolute Gasteiger partial charge is 0.481 e. The monoisotopic (exact) mass is 534 g/mol. The van der Waals surface area contributed by atoms with Crippen molar-refractivity contribution in [1.82, 2.24) is 0 Å². The molecule has 6 heteroatoms. The number of rotatable bonds is 8. The summed E-state index contributed by atoms with van der Waals surface area (Å²) in [5.74, 6) is 3.37. The molecule has 4 aromatic carbocycles. The van der Waals surface area contributed by atoms with Gasteiger partial charge in [0.15, 0.2) is 18.2 Å². The van der Waals surface area contributed by atoms with E-state index in [1.165, 1.54) is 17.2 Å². The molecule has 0 unspecified atom stereocenters. The molecule has 0 radical (unpaired) electrons. The van der Waals surface area contributed by atoms with Gasteiger partial charge >= 0.3 is 6.18 Å². The molecule has 0 N–H and O–H groups in total. The number of hydrogen-bond acceptors (Lipinski definition) is 1. The van der Waals surface area contributed by atoms with Crippen molar-refractivity contribution in [2.24, 2.45) is 0 Å². The predicted octanol–water partition coefficient (Wildman–Crippen LogP) is 8.75. The first-order valence-corrected chi connectivity index (χ1v) is 12.6. The van der Waals surface area contributed by atoms with Crippen molar-refractivity contribution in [2.75, 3.05) is 6.61 Å². The standard InChI is InChI=1S/C33H27F5O/c1-2-3-4-5-23-6-8-24(9-7-23)10-11-25-13-18-29-28(20-25)17-16-27(32(29)35)15-12-26-14-19-31(30(34)21-26)39-22-33(36,37)38/h2-3,6-9,13-14,16-21H,4-5,10-11,22H2,1H3/b3-2+. The number of hydrogen-bond donors (Lipinski definition) is 0. The maximum Gasteiger partial charge on any atom is 0.422 e. The highest BCUT2D eigenvalue weighted by Gasteiger charge is 2.28. The van der Waals surface area contributed by atoms with Crippen LogP contribution < -0.4 is 4.74 Å². The van der Waals surface area contributed by atoms with Gasteiger partial charge in [-0.25, -0.2) is 8.78 Å². The smallest absolute Gasteiger partial charge is 0.422 e. The van der Waals surface area contributed by atoms with Crippen LogP contribution in [0.15, 0.2) is 84.9 Å². The number of aryl methyl sites for hydroxylation is 3. The Morgan fingerprint density at radius 1 is 0.769 bits per heavy atom. The van der Waals surface area contributed by atoms with E-state index in [1.54, 1.807) is 18.2 Å². The van der Waals surface area contributed by atoms with E-state index in [-0.39, 0.29) is 11.1 Å². The molecule has 0 aromatic heterocycles. The van der Waals surface area contributed by atoms with Gasteiger partial charge in [-0.2, -0.15) is 13.2 Å². The fraction of sp³-hybridized carbons (Fsp3) is 0.212. The Hall–Kier alpha value is -4.11. The fourth-order valence-corrected chi connectivity index (χ4v) is 4.17. The summed E-state index contributed by atoms with van der Waals surface area (Å²) in [6, 6.07) is 21.0. The van der Waals surface area contributed by atoms with Gasteiger partial charge in [0.1, 0.15) is 5.82 Å². The van der Waals surface area contributed by atoms with Gasteiger partial charge in [-0.05, 0) is 78.9 Å². The summed E-state index contributed by atoms with van der Waals surface area (Å²) >= 11 is 0. The Kier molecular flexibility index (Phi) is 9.03. The number of halogens is 5. The van der Waals surface area contributed by atoms with Gasteiger partial charge in [-0.1, -0.05) is 72.5 Å². The second-order valence-corrected chi connectivity index (χ2v) is 9.21. The van der Waals surface area contributed by atoms with Crippen molar-refractivity contribution in [2.45, 2.75) is 38.8 Å². The van der Waals surface area contributed by atoms with Crippen molar-refractivity contribution in [3.8, 4) is 17.6 Å². The first-order chi connectivity index (χ1) is 18.7. The minimum Gasteiger partial charge on any atom is -0.481 e. The van der Waals surface area contributed by atoms with Crippen LogP contribution in [0.25, 0.3) is 10.8 Å². The van der Waals surface area contributed by atoms with Crippen LogP contribution in [0.2, 0.25) is 0 Å². The molecule has 0 saturated heterocycles. The van der Waals surface area contributed by atoms with Crippen molar-refractivity contribution < 1.29 is 26.7 Å². The summed E-state index contributed by atoms with van der Waals surface area (Å²) in [5, 5.41) is 1.19. The third kappa shape index (κ3) is 7.94. The molecule has 0 bridgehead atoms. The zero-order chi connectivity index (χ0) is 27.8. The molecule has 1 nitrogen and oxygen atoms in total. The summed E-state index contributed by atoms with van der Waals surface area (Å²) in [6.07, 6.45) is 3.41. The highest BCUT2D eigenvalue weighted by molar-refractivity contribution is 5.85. The number of alkyl halides is 3. The first kappa shape index (κ1) is 27.9. The number of allylic oxidation sites excluding steroid dienone is 2. The second-order valence-electron chi connectivity index (χ2n) is 9.21. The van der Waals surface area contributed by atoms with Gasteiger partial charge in [0.25, 0.3) is 0 Å². The van der Waals surface area contributed by atoms with E-state index in [0.29, 0.717) is 5.39 Å². The molecule has 0 fully saturated rings. The van der Waals surface area contributed by atoms with Gasteiger partial charge in [0.05, 0.1) is 5.56 Å². The lowest BCUT2D eigenvalue weighted by Crippen LogP contribution is -2.19. The molecule has 0 heterocycles. The van der Waals surface area contributed by atoms with Crippen molar-refractivity contribution in [1.29, 1.82) is 0 Å². The second kappa shape index (κ2) is 12.6. The molecule has 0 amide bonds. The summed E-state index contributed by atoms with van der Waals surface area (Å²) < 4.78 is 70.5. The van der Waals surface area contributed by atoms with E-state index in [0.717, 1.165) is 48.8 Å². The van der Waals surface area contributed by atoms with Crippen LogP contribution in [0.4, 0.5) is 22.0 Å². The first-order valence-electron chi connectivity index (χ1n) is 12.6. The number of benzene rings is 4. The molecule has 0 aliphatic rings. The Morgan fingerprint density at radius 3 is 2.15 bits per heavy atom. The molecule has 200 valence electrons. The van der Waals surface area contributed by atoms with Crippen molar-refractivity contribution in [3.05, 3.63) is 124 Å². The SMILES string of the molecule is C/C=C/CCc1ccc(CCc2ccc3c(F)c(C#Cc4ccc(OCC(F)(F)F)c(F)c4)ccc3c2)cc1. The number of fused-ring (bicyclic) bond motifs is 1. The zero-order valence-corrected chi connectivity index (χ0v) is 21.4. The van der Waals surface area contributed by atoms with Crippen LogP contribution in [-0.4, -0.2) is 12.8 Å². The van der Waals surface area contributed by atoms with Crippen molar-refractivity contribution >= 4 is 10.8 Å². The summed E-state index contributed by atoms with van der Waals surface area (Å²) in [7, 11) is 0. The van der Waals surface area contributed by atoms with E-state index < -0.39 is 30.2 Å². The molecule has 0 saturated carbocycles. The normalized spacial score (nSPS) is 11.5. The van der Waals surface area contributed by atoms with Crippen molar-refractivity contribution in [3.63, 3.8) is 0 Å². The van der Waals surface area contributed by atoms with E-state index in [9.17, 15) is 17.6 Å². The lowest BCUT2D eigenvalue weighted by Gasteiger charge is -2.09. The predicted molar refractivity (Wildman–Crippen MR) is 145 cm³/mol. The molecular weight excluding hydrogens is 507 g/mol. The molecule has 0 aliphatic carbocycles. The Balaban J connectivity index is 1.42. The molecule has 0 spiro atoms. The topological polar surface area (TPSA) is 9.23 Å². The summed E-state index contributed by atoms with van der Waals surface area (Å²) in [6.45, 7) is 0.430. The van der Waals surface area contributed by atoms with Gasteiger partial charge in [-0.3, -0.25) is 0 Å². The summed E-state index contributed by atoms with van der Waals surface area (Å²) in [4.78, 5) is 0. The molecular formula is C33H27F5O. The Bertz CT molecular complexity index is 1520. The average molecular weight is 535 g/mol. The Morgan fingerprint density at radius 2 is 1.46 bits per heavy atom. The van der Waals surface area contributed by atoms with Crippen LogP contribution in [0.5, 0.6) is 5.75 Å². The molecule has 39 heavy (non-hydrogen) atoms. The quantitative estimate of drug-likeness (QED) is 0.125. The van der Waals surface area contributed by atoms with E-state index in [1.807, 2.05) is 19.1 Å². The van der Waals surface area contributed by atoms with E-state index in [2.05, 4.69) is 53.0 Å². The van der Waals surface area contributed by atoms with Crippen LogP contribution in [0, 0.1) is 23.5 Å². The van der Waals surface area contributed by atoms with Crippen LogP contribution in [-0.2, 0) is 19.3 Å². The van der Waals surface area contributed by atoms with Gasteiger partial charge in [-0.15, -0.1) is 0 Å². The highest BCUT2D eigenvalue weighted by atomic mass is 19.4. The fourth-order valence-electron chi connectivity index (χ4n) is 4.17. The third-order valence-electron chi connectivity index (χ3n) is 6.24. The lowest BCUT2D eigenvalue weighted by molar-refractivity contribution is -0.153. The maximum atomic E-state index is 15.2. The minimum absolute atomic E-state index is 0.141. The van der Waals surface area contributed by atoms with Crippen LogP contribution in [0.1, 0.15) is 41.2 Å². The minimum atomic E-state index is -4.57. The molecule has 0 aliphatic heterocycles. The number of ether oxygens (including phenoxy) is 1. The molecule has 4 aromatic rings. The average Bonchev–Trinajstić information content (AvgIpc) is 2.91. The van der Waals surface area contributed by atoms with Gasteiger partial charge in [0.2, 0.25) is 0 Å². The maximum absolute atomic E-state index is 15.2. The highest BCUT2D eigenvalue weighted by Crippen LogP contribution is 2.24. The zero-order valence-electron chi connectivity index (χ0n) is 21.4. The van der Waals surface area contributed by atoms with E-state index >= 15 is 4.39 Å². The lowest BCUT2D eigenvalue weighted by atomic mass is 9.98.